The normalized spacial score (nSPS) is 25.6. The van der Waals surface area contributed by atoms with Crippen LogP contribution in [0.5, 0.6) is 5.75 Å². The molecule has 0 bridgehead atoms. The van der Waals surface area contributed by atoms with Crippen molar-refractivity contribution in [3.05, 3.63) is 29.8 Å². The van der Waals surface area contributed by atoms with Crippen molar-refractivity contribution in [2.75, 3.05) is 0 Å². The number of unbranched alkanes of at least 4 members (excludes halogenated alkanes) is 4. The highest BCUT2D eigenvalue weighted by Crippen LogP contribution is 2.42. The smallest absolute Gasteiger partial charge is 0.428 e. The average Bonchev–Trinajstić information content (AvgIpc) is 2.84. The molecule has 0 N–H and O–H groups in total. The van der Waals surface area contributed by atoms with Crippen LogP contribution in [0.15, 0.2) is 24.3 Å². The minimum Gasteiger partial charge on any atom is -0.428 e. The average molecular weight is 481 g/mol. The Morgan fingerprint density at radius 2 is 1.44 bits per heavy atom. The minimum atomic E-state index is -4.49. The third-order valence-corrected chi connectivity index (χ3v) is 7.83. The predicted molar refractivity (Wildman–Crippen MR) is 129 cm³/mol. The van der Waals surface area contributed by atoms with E-state index in [4.69, 9.17) is 0 Å². The van der Waals surface area contributed by atoms with Gasteiger partial charge in [0, 0.05) is 11.5 Å². The molecule has 5 heteroatoms. The molecule has 2 aliphatic carbocycles. The monoisotopic (exact) mass is 480 g/mol. The van der Waals surface area contributed by atoms with Gasteiger partial charge in [-0.2, -0.15) is 17.6 Å². The summed E-state index contributed by atoms with van der Waals surface area (Å²) < 4.78 is 54.6. The molecule has 1 aromatic carbocycles. The Kier molecular flexibility index (Phi) is 10.6. The maximum absolute atomic E-state index is 13.0. The van der Waals surface area contributed by atoms with Crippen molar-refractivity contribution in [2.24, 2.45) is 23.7 Å². The number of hydrogen-bond acceptors (Lipinski definition) is 1. The molecule has 190 valence electrons. The topological polar surface area (TPSA) is 9.23 Å². The molecule has 0 unspecified atom stereocenters. The summed E-state index contributed by atoms with van der Waals surface area (Å²) >= 11 is 0. The number of benzene rings is 1. The van der Waals surface area contributed by atoms with E-state index in [2.05, 4.69) is 23.5 Å². The molecule has 2 saturated carbocycles. The highest BCUT2D eigenvalue weighted by Gasteiger charge is 2.43. The van der Waals surface area contributed by atoms with Gasteiger partial charge in [0.25, 0.3) is 0 Å². The first kappa shape index (κ1) is 26.9. The van der Waals surface area contributed by atoms with Crippen LogP contribution in [0.4, 0.5) is 17.6 Å². The molecule has 0 amide bonds. The third kappa shape index (κ3) is 8.51. The highest BCUT2D eigenvalue weighted by molar-refractivity contribution is 5.38. The quantitative estimate of drug-likeness (QED) is 0.184. The van der Waals surface area contributed by atoms with Gasteiger partial charge < -0.3 is 4.74 Å². The lowest BCUT2D eigenvalue weighted by molar-refractivity contribution is -0.253. The van der Waals surface area contributed by atoms with Crippen LogP contribution >= 0.6 is 0 Å². The lowest BCUT2D eigenvalue weighted by atomic mass is 9.69. The van der Waals surface area contributed by atoms with Crippen molar-refractivity contribution in [3.8, 4) is 17.6 Å². The lowest BCUT2D eigenvalue weighted by Crippen LogP contribution is -2.33. The van der Waals surface area contributed by atoms with Gasteiger partial charge in [-0.15, -0.1) is 0 Å². The second-order valence-electron chi connectivity index (χ2n) is 10.4. The summed E-state index contributed by atoms with van der Waals surface area (Å²) in [7, 11) is 0. The molecule has 0 aromatic heterocycles. The summed E-state index contributed by atoms with van der Waals surface area (Å²) in [5.74, 6) is 9.23. The van der Waals surface area contributed by atoms with Crippen LogP contribution in [0.3, 0.4) is 0 Å². The summed E-state index contributed by atoms with van der Waals surface area (Å²) in [6.45, 7) is 2.27. The maximum atomic E-state index is 13.0. The van der Waals surface area contributed by atoms with E-state index in [1.54, 1.807) is 0 Å². The molecule has 0 saturated heterocycles. The zero-order chi connectivity index (χ0) is 24.4. The van der Waals surface area contributed by atoms with Crippen molar-refractivity contribution >= 4 is 0 Å². The van der Waals surface area contributed by atoms with E-state index in [9.17, 15) is 17.6 Å². The van der Waals surface area contributed by atoms with Crippen LogP contribution in [0, 0.1) is 35.5 Å². The largest absolute Gasteiger partial charge is 0.461 e. The van der Waals surface area contributed by atoms with Gasteiger partial charge in [-0.1, -0.05) is 70.1 Å². The van der Waals surface area contributed by atoms with Crippen molar-refractivity contribution in [2.45, 2.75) is 109 Å². The van der Waals surface area contributed by atoms with Gasteiger partial charge in [-0.05, 0) is 80.5 Å². The van der Waals surface area contributed by atoms with Crippen molar-refractivity contribution in [1.29, 1.82) is 0 Å². The fourth-order valence-corrected chi connectivity index (χ4v) is 5.71. The second-order valence-corrected chi connectivity index (χ2v) is 10.4. The van der Waals surface area contributed by atoms with Gasteiger partial charge in [0.05, 0.1) is 0 Å². The lowest BCUT2D eigenvalue weighted by Gasteiger charge is -2.37. The summed E-state index contributed by atoms with van der Waals surface area (Å²) in [6.07, 6.45) is 10.4. The SMILES string of the molecule is CCCCCCC[C@H]1CC[C@H]([C@H]2CC[C@H](C#Cc3ccc(OC(F)(F)C(F)F)cc3)CC2)CC1. The van der Waals surface area contributed by atoms with Gasteiger partial charge in [-0.25, -0.2) is 0 Å². The molecule has 2 fully saturated rings. The number of rotatable bonds is 10. The number of ether oxygens (including phenoxy) is 1. The predicted octanol–water partition coefficient (Wildman–Crippen LogP) is 9.25. The fraction of sp³-hybridized carbons (Fsp3) is 0.724. The zero-order valence-electron chi connectivity index (χ0n) is 20.5. The van der Waals surface area contributed by atoms with Crippen molar-refractivity contribution in [3.63, 3.8) is 0 Å². The Hall–Kier alpha value is -1.70. The summed E-state index contributed by atoms with van der Waals surface area (Å²) in [5, 5.41) is 0. The van der Waals surface area contributed by atoms with E-state index in [-0.39, 0.29) is 5.75 Å². The van der Waals surface area contributed by atoms with Crippen LogP contribution in [-0.4, -0.2) is 12.5 Å². The van der Waals surface area contributed by atoms with E-state index in [1.807, 2.05) is 0 Å². The summed E-state index contributed by atoms with van der Waals surface area (Å²) in [4.78, 5) is 0. The Labute approximate surface area is 203 Å². The molecule has 0 radical (unpaired) electrons. The zero-order valence-corrected chi connectivity index (χ0v) is 20.5. The molecule has 0 heterocycles. The van der Waals surface area contributed by atoms with E-state index in [0.717, 1.165) is 30.6 Å². The number of hydrogen-bond donors (Lipinski definition) is 0. The summed E-state index contributed by atoms with van der Waals surface area (Å²) in [6, 6.07) is 5.60. The van der Waals surface area contributed by atoms with Crippen LogP contribution in [-0.2, 0) is 0 Å². The van der Waals surface area contributed by atoms with Crippen LogP contribution in [0.25, 0.3) is 0 Å². The Morgan fingerprint density at radius 1 is 0.853 bits per heavy atom. The van der Waals surface area contributed by atoms with E-state index < -0.39 is 12.5 Å². The molecular weight excluding hydrogens is 440 g/mol. The Balaban J connectivity index is 1.36. The molecule has 0 spiro atoms. The molecule has 2 aliphatic rings. The minimum absolute atomic E-state index is 0.289. The first-order valence-electron chi connectivity index (χ1n) is 13.3. The van der Waals surface area contributed by atoms with Crippen molar-refractivity contribution in [1.82, 2.24) is 0 Å². The molecule has 34 heavy (non-hydrogen) atoms. The fourth-order valence-electron chi connectivity index (χ4n) is 5.71. The van der Waals surface area contributed by atoms with Crippen molar-refractivity contribution < 1.29 is 22.3 Å². The first-order chi connectivity index (χ1) is 16.4. The number of alkyl halides is 4. The molecule has 1 aromatic rings. The maximum Gasteiger partial charge on any atom is 0.461 e. The van der Waals surface area contributed by atoms with Gasteiger partial charge in [0.2, 0.25) is 0 Å². The van der Waals surface area contributed by atoms with E-state index in [1.165, 1.54) is 101 Å². The van der Waals surface area contributed by atoms with Gasteiger partial charge in [-0.3, -0.25) is 0 Å². The molecule has 3 rings (SSSR count). The van der Waals surface area contributed by atoms with Crippen LogP contribution < -0.4 is 4.74 Å². The molecule has 1 nitrogen and oxygen atoms in total. The third-order valence-electron chi connectivity index (χ3n) is 7.83. The van der Waals surface area contributed by atoms with E-state index >= 15 is 0 Å². The second kappa shape index (κ2) is 13.4. The molecule has 0 atom stereocenters. The molecular formula is C29H40F4O. The van der Waals surface area contributed by atoms with Gasteiger partial charge >= 0.3 is 12.5 Å². The standard InChI is InChI=1S/C29H40F4O/c1-2-3-4-5-6-7-22-10-16-25(17-11-22)26-18-12-23(13-19-26)8-9-24-14-20-27(21-15-24)34-29(32,33)28(30)31/h14-15,20-23,25-26,28H,2-7,10-13,16-19H2,1H3/t22-,23-,25-,26-. The number of halogens is 4. The Morgan fingerprint density at radius 3 is 2.03 bits per heavy atom. The Bertz CT molecular complexity index is 764. The van der Waals surface area contributed by atoms with Crippen LogP contribution in [0.1, 0.15) is 102 Å². The highest BCUT2D eigenvalue weighted by atomic mass is 19.3. The first-order valence-corrected chi connectivity index (χ1v) is 13.3. The van der Waals surface area contributed by atoms with Crippen LogP contribution in [0.2, 0.25) is 0 Å². The molecule has 0 aliphatic heterocycles. The van der Waals surface area contributed by atoms with Gasteiger partial charge in [0.15, 0.2) is 0 Å². The van der Waals surface area contributed by atoms with Gasteiger partial charge in [0.1, 0.15) is 5.75 Å². The van der Waals surface area contributed by atoms with E-state index in [0.29, 0.717) is 11.5 Å². The summed E-state index contributed by atoms with van der Waals surface area (Å²) in [5.41, 5.74) is 0.683.